The van der Waals surface area contributed by atoms with Gasteiger partial charge in [0.25, 0.3) is 5.91 Å². The van der Waals surface area contributed by atoms with Crippen molar-refractivity contribution in [3.05, 3.63) is 59.4 Å². The first kappa shape index (κ1) is 15.6. The van der Waals surface area contributed by atoms with Gasteiger partial charge < -0.3 is 15.5 Å². The molecule has 1 aromatic carbocycles. The van der Waals surface area contributed by atoms with E-state index in [-0.39, 0.29) is 5.91 Å². The Bertz CT molecular complexity index is 834. The third-order valence-electron chi connectivity index (χ3n) is 3.82. The van der Waals surface area contributed by atoms with Gasteiger partial charge in [0.05, 0.1) is 18.7 Å². The van der Waals surface area contributed by atoms with E-state index in [9.17, 15) is 4.79 Å². The molecule has 0 saturated carbocycles. The van der Waals surface area contributed by atoms with E-state index in [1.807, 2.05) is 35.7 Å². The third-order valence-corrected chi connectivity index (χ3v) is 4.77. The minimum absolute atomic E-state index is 0.193. The van der Waals surface area contributed by atoms with Crippen LogP contribution in [0.3, 0.4) is 0 Å². The number of nitrogens with one attached hydrogen (secondary N) is 2. The lowest BCUT2D eigenvalue weighted by Gasteiger charge is -2.16. The van der Waals surface area contributed by atoms with E-state index in [0.717, 1.165) is 29.6 Å². The molecule has 2 aliphatic heterocycles. The van der Waals surface area contributed by atoms with Crippen LogP contribution < -0.4 is 10.6 Å². The summed E-state index contributed by atoms with van der Waals surface area (Å²) in [5.41, 5.74) is 2.39. The second-order valence-electron chi connectivity index (χ2n) is 5.51. The largest absolute Gasteiger partial charge is 0.346 e. The molecule has 1 aromatic heterocycles. The molecule has 2 N–H and O–H groups in total. The van der Waals surface area contributed by atoms with E-state index in [1.54, 1.807) is 11.8 Å². The fourth-order valence-electron chi connectivity index (χ4n) is 2.55. The van der Waals surface area contributed by atoms with Gasteiger partial charge in [-0.2, -0.15) is 0 Å². The molecule has 0 bridgehead atoms. The number of para-hydroxylation sites is 1. The molecule has 3 heterocycles. The summed E-state index contributed by atoms with van der Waals surface area (Å²) < 4.78 is 0. The average molecular weight is 352 g/mol. The van der Waals surface area contributed by atoms with Crippen molar-refractivity contribution in [3.8, 4) is 0 Å². The summed E-state index contributed by atoms with van der Waals surface area (Å²) in [6.07, 6.45) is 3.04. The number of anilines is 2. The quantitative estimate of drug-likeness (QED) is 0.858. The predicted octanol–water partition coefficient (Wildman–Crippen LogP) is 2.21. The Morgan fingerprint density at radius 2 is 2.00 bits per heavy atom. The Hall–Kier alpha value is -2.87. The number of hydrogen-bond acceptors (Lipinski definition) is 7. The summed E-state index contributed by atoms with van der Waals surface area (Å²) >= 11 is 1.60. The van der Waals surface area contributed by atoms with Gasteiger partial charge in [-0.25, -0.2) is 9.97 Å². The Morgan fingerprint density at radius 1 is 1.20 bits per heavy atom. The Balaban J connectivity index is 1.34. The van der Waals surface area contributed by atoms with Gasteiger partial charge in [-0.1, -0.05) is 30.0 Å². The van der Waals surface area contributed by atoms with Crippen LogP contribution in [-0.2, 0) is 0 Å². The molecular formula is C17H16N6OS. The minimum atomic E-state index is -0.193. The second-order valence-corrected chi connectivity index (χ2v) is 6.35. The monoisotopic (exact) mass is 352 g/mol. The Kier molecular flexibility index (Phi) is 4.34. The first-order valence-corrected chi connectivity index (χ1v) is 8.77. The van der Waals surface area contributed by atoms with E-state index in [2.05, 4.69) is 30.5 Å². The number of rotatable bonds is 5. The summed E-state index contributed by atoms with van der Waals surface area (Å²) in [6.45, 7) is 2.17. The van der Waals surface area contributed by atoms with Gasteiger partial charge in [0.2, 0.25) is 5.95 Å². The van der Waals surface area contributed by atoms with Crippen molar-refractivity contribution in [2.45, 2.75) is 0 Å². The number of amidine groups is 1. The van der Waals surface area contributed by atoms with Crippen LogP contribution in [-0.4, -0.2) is 45.6 Å². The number of carbonyl (C=O) groups is 1. The van der Waals surface area contributed by atoms with Gasteiger partial charge in [0.1, 0.15) is 0 Å². The van der Waals surface area contributed by atoms with Gasteiger partial charge in [0, 0.05) is 35.7 Å². The van der Waals surface area contributed by atoms with Gasteiger partial charge in [-0.05, 0) is 12.1 Å². The molecular weight excluding hydrogens is 336 g/mol. The number of aliphatic imine (C=N–C) groups is 1. The minimum Gasteiger partial charge on any atom is -0.346 e. The number of fused-ring (bicyclic) bond motifs is 1. The maximum absolute atomic E-state index is 12.3. The Morgan fingerprint density at radius 3 is 2.80 bits per heavy atom. The van der Waals surface area contributed by atoms with E-state index in [4.69, 9.17) is 0 Å². The molecule has 2 aromatic rings. The number of thioether (sulfide) groups is 1. The maximum atomic E-state index is 12.3. The zero-order chi connectivity index (χ0) is 17.1. The molecule has 0 spiro atoms. The molecule has 0 radical (unpaired) electrons. The van der Waals surface area contributed by atoms with Crippen molar-refractivity contribution in [1.82, 2.24) is 20.2 Å². The van der Waals surface area contributed by atoms with Gasteiger partial charge in [-0.3, -0.25) is 9.79 Å². The summed E-state index contributed by atoms with van der Waals surface area (Å²) in [7, 11) is 0. The number of nitrogens with zero attached hydrogens (tertiary/aromatic N) is 4. The SMILES string of the molecule is O=C(NCC1=CSC2=NCCN12)c1cnc(Nc2ccccc2)nc1. The van der Waals surface area contributed by atoms with Crippen molar-refractivity contribution in [1.29, 1.82) is 0 Å². The fraction of sp³-hybridized carbons (Fsp3) is 0.176. The van der Waals surface area contributed by atoms with Crippen LogP contribution in [0.1, 0.15) is 10.4 Å². The van der Waals surface area contributed by atoms with Crippen LogP contribution >= 0.6 is 11.8 Å². The number of aromatic nitrogens is 2. The molecule has 2 aliphatic rings. The molecule has 4 rings (SSSR count). The maximum Gasteiger partial charge on any atom is 0.254 e. The lowest BCUT2D eigenvalue weighted by molar-refractivity contribution is 0.0954. The van der Waals surface area contributed by atoms with Crippen LogP contribution in [0.15, 0.2) is 58.8 Å². The van der Waals surface area contributed by atoms with E-state index in [0.29, 0.717) is 18.1 Å². The second kappa shape index (κ2) is 6.94. The predicted molar refractivity (Wildman–Crippen MR) is 98.8 cm³/mol. The number of hydrogen-bond donors (Lipinski definition) is 2. The van der Waals surface area contributed by atoms with E-state index >= 15 is 0 Å². The van der Waals surface area contributed by atoms with E-state index < -0.39 is 0 Å². The molecule has 8 heteroatoms. The summed E-state index contributed by atoms with van der Waals surface area (Å²) in [6, 6.07) is 9.64. The molecule has 0 aliphatic carbocycles. The smallest absolute Gasteiger partial charge is 0.254 e. The molecule has 0 fully saturated rings. The highest BCUT2D eigenvalue weighted by molar-refractivity contribution is 8.16. The van der Waals surface area contributed by atoms with Crippen LogP contribution in [0.4, 0.5) is 11.6 Å². The molecule has 0 atom stereocenters. The molecule has 0 unspecified atom stereocenters. The number of amides is 1. The zero-order valence-electron chi connectivity index (χ0n) is 13.3. The third kappa shape index (κ3) is 3.48. The Labute approximate surface area is 149 Å². The first-order valence-electron chi connectivity index (χ1n) is 7.89. The van der Waals surface area contributed by atoms with Crippen molar-refractivity contribution in [2.24, 2.45) is 4.99 Å². The van der Waals surface area contributed by atoms with Gasteiger partial charge in [-0.15, -0.1) is 0 Å². The molecule has 0 saturated heterocycles. The number of benzene rings is 1. The van der Waals surface area contributed by atoms with Crippen molar-refractivity contribution in [2.75, 3.05) is 25.0 Å². The standard InChI is InChI=1S/C17H16N6OS/c24-15(19-10-14-11-25-17-18-6-7-23(14)17)12-8-20-16(21-9-12)22-13-4-2-1-3-5-13/h1-5,8-9,11H,6-7,10H2,(H,19,24)(H,20,21,22). The van der Waals surface area contributed by atoms with Crippen LogP contribution in [0.2, 0.25) is 0 Å². The highest BCUT2D eigenvalue weighted by atomic mass is 32.2. The molecule has 7 nitrogen and oxygen atoms in total. The summed E-state index contributed by atoms with van der Waals surface area (Å²) in [4.78, 5) is 27.2. The van der Waals surface area contributed by atoms with Crippen molar-refractivity contribution >= 4 is 34.5 Å². The normalized spacial score (nSPS) is 15.4. The van der Waals surface area contributed by atoms with Crippen molar-refractivity contribution in [3.63, 3.8) is 0 Å². The van der Waals surface area contributed by atoms with Crippen LogP contribution in [0.25, 0.3) is 0 Å². The number of carbonyl (C=O) groups excluding carboxylic acids is 1. The molecule has 126 valence electrons. The topological polar surface area (TPSA) is 82.5 Å². The van der Waals surface area contributed by atoms with Crippen molar-refractivity contribution < 1.29 is 4.79 Å². The van der Waals surface area contributed by atoms with E-state index in [1.165, 1.54) is 12.4 Å². The summed E-state index contributed by atoms with van der Waals surface area (Å²) in [5.74, 6) is 0.261. The van der Waals surface area contributed by atoms with Crippen LogP contribution in [0, 0.1) is 0 Å². The average Bonchev–Trinajstić information content (AvgIpc) is 3.25. The molecule has 25 heavy (non-hydrogen) atoms. The lowest BCUT2D eigenvalue weighted by atomic mass is 10.3. The molecule has 1 amide bonds. The lowest BCUT2D eigenvalue weighted by Crippen LogP contribution is -2.32. The van der Waals surface area contributed by atoms with Gasteiger partial charge in [0.15, 0.2) is 5.17 Å². The first-order chi connectivity index (χ1) is 12.3. The fourth-order valence-corrected chi connectivity index (χ4v) is 3.50. The highest BCUT2D eigenvalue weighted by Gasteiger charge is 2.26. The van der Waals surface area contributed by atoms with Crippen LogP contribution in [0.5, 0.6) is 0 Å². The highest BCUT2D eigenvalue weighted by Crippen LogP contribution is 2.28. The summed E-state index contributed by atoms with van der Waals surface area (Å²) in [5, 5.41) is 9.04. The van der Waals surface area contributed by atoms with Gasteiger partial charge >= 0.3 is 0 Å². The zero-order valence-corrected chi connectivity index (χ0v) is 14.2.